The number of likely N-dealkylation sites (tertiary alicyclic amines) is 1. The molecule has 1 N–H and O–H groups in total. The van der Waals surface area contributed by atoms with Crippen LogP contribution in [-0.2, 0) is 4.79 Å². The maximum Gasteiger partial charge on any atom is 0.223 e. The standard InChI is InChI=1S/C13H23NO2/c1-13(2)9-11(15)6-7-14(13)12(16)8-10-4-3-5-10/h10-11,15H,3-9H2,1-2H3. The van der Waals surface area contributed by atoms with E-state index in [2.05, 4.69) is 13.8 Å². The van der Waals surface area contributed by atoms with Gasteiger partial charge in [0.25, 0.3) is 0 Å². The summed E-state index contributed by atoms with van der Waals surface area (Å²) in [7, 11) is 0. The lowest BCUT2D eigenvalue weighted by Crippen LogP contribution is -2.54. The fourth-order valence-electron chi connectivity index (χ4n) is 2.89. The van der Waals surface area contributed by atoms with Crippen LogP contribution in [0, 0.1) is 5.92 Å². The SMILES string of the molecule is CC1(C)CC(O)CCN1C(=O)CC1CCC1. The fourth-order valence-corrected chi connectivity index (χ4v) is 2.89. The predicted molar refractivity (Wildman–Crippen MR) is 63.0 cm³/mol. The number of aliphatic hydroxyl groups excluding tert-OH is 1. The Morgan fingerprint density at radius 3 is 2.56 bits per heavy atom. The molecule has 1 amide bonds. The van der Waals surface area contributed by atoms with Crippen LogP contribution in [0.4, 0.5) is 0 Å². The van der Waals surface area contributed by atoms with Crippen molar-refractivity contribution in [3.63, 3.8) is 0 Å². The number of carbonyl (C=O) groups is 1. The molecule has 2 aliphatic rings. The zero-order chi connectivity index (χ0) is 11.8. The van der Waals surface area contributed by atoms with Crippen LogP contribution in [0.25, 0.3) is 0 Å². The molecule has 0 bridgehead atoms. The maximum absolute atomic E-state index is 12.2. The van der Waals surface area contributed by atoms with E-state index < -0.39 is 0 Å². The van der Waals surface area contributed by atoms with E-state index in [9.17, 15) is 9.90 Å². The molecule has 1 unspecified atom stereocenters. The van der Waals surface area contributed by atoms with E-state index in [1.165, 1.54) is 19.3 Å². The van der Waals surface area contributed by atoms with Crippen molar-refractivity contribution in [2.24, 2.45) is 5.92 Å². The number of rotatable bonds is 2. The Balaban J connectivity index is 1.93. The maximum atomic E-state index is 12.2. The van der Waals surface area contributed by atoms with Gasteiger partial charge in [-0.25, -0.2) is 0 Å². The van der Waals surface area contributed by atoms with Gasteiger partial charge in [0.1, 0.15) is 0 Å². The zero-order valence-corrected chi connectivity index (χ0v) is 10.4. The van der Waals surface area contributed by atoms with Crippen LogP contribution in [0.15, 0.2) is 0 Å². The molecule has 1 saturated carbocycles. The number of hydrogen-bond acceptors (Lipinski definition) is 2. The van der Waals surface area contributed by atoms with E-state index in [1.807, 2.05) is 4.90 Å². The van der Waals surface area contributed by atoms with Crippen molar-refractivity contribution in [3.8, 4) is 0 Å². The molecule has 0 aromatic heterocycles. The van der Waals surface area contributed by atoms with Crippen molar-refractivity contribution < 1.29 is 9.90 Å². The van der Waals surface area contributed by atoms with E-state index >= 15 is 0 Å². The molecule has 2 fully saturated rings. The molecule has 3 heteroatoms. The minimum atomic E-state index is -0.234. The molecule has 0 aromatic carbocycles. The Hall–Kier alpha value is -0.570. The molecule has 2 rings (SSSR count). The Bertz CT molecular complexity index is 271. The third-order valence-electron chi connectivity index (χ3n) is 4.14. The lowest BCUT2D eigenvalue weighted by atomic mass is 9.81. The first-order valence-corrected chi connectivity index (χ1v) is 6.47. The van der Waals surface area contributed by atoms with Crippen LogP contribution in [-0.4, -0.2) is 34.1 Å². The first kappa shape index (κ1) is 11.9. The zero-order valence-electron chi connectivity index (χ0n) is 10.4. The molecule has 1 aliphatic carbocycles. The number of aliphatic hydroxyl groups is 1. The third-order valence-corrected chi connectivity index (χ3v) is 4.14. The highest BCUT2D eigenvalue weighted by Gasteiger charge is 2.37. The molecule has 1 aliphatic heterocycles. The van der Waals surface area contributed by atoms with Gasteiger partial charge in [-0.05, 0) is 45.4 Å². The average molecular weight is 225 g/mol. The van der Waals surface area contributed by atoms with Crippen molar-refractivity contribution >= 4 is 5.91 Å². The van der Waals surface area contributed by atoms with E-state index in [-0.39, 0.29) is 11.6 Å². The number of nitrogens with zero attached hydrogens (tertiary/aromatic N) is 1. The molecule has 1 atom stereocenters. The van der Waals surface area contributed by atoms with Crippen molar-refractivity contribution in [2.75, 3.05) is 6.54 Å². The molecule has 0 aromatic rings. The number of hydrogen-bond donors (Lipinski definition) is 1. The van der Waals surface area contributed by atoms with Crippen molar-refractivity contribution in [3.05, 3.63) is 0 Å². The van der Waals surface area contributed by atoms with Crippen LogP contribution in [0.2, 0.25) is 0 Å². The summed E-state index contributed by atoms with van der Waals surface area (Å²) in [4.78, 5) is 14.2. The summed E-state index contributed by atoms with van der Waals surface area (Å²) in [5, 5.41) is 9.65. The van der Waals surface area contributed by atoms with Crippen molar-refractivity contribution in [1.82, 2.24) is 4.90 Å². The van der Waals surface area contributed by atoms with Crippen LogP contribution in [0.3, 0.4) is 0 Å². The molecule has 16 heavy (non-hydrogen) atoms. The summed E-state index contributed by atoms with van der Waals surface area (Å²) >= 11 is 0. The second-order valence-corrected chi connectivity index (χ2v) is 6.01. The van der Waals surface area contributed by atoms with Gasteiger partial charge in [0.05, 0.1) is 6.10 Å². The first-order valence-electron chi connectivity index (χ1n) is 6.47. The molecule has 92 valence electrons. The van der Waals surface area contributed by atoms with Crippen LogP contribution < -0.4 is 0 Å². The van der Waals surface area contributed by atoms with Gasteiger partial charge >= 0.3 is 0 Å². The number of carbonyl (C=O) groups excluding carboxylic acids is 1. The predicted octanol–water partition coefficient (Wildman–Crippen LogP) is 1.94. The highest BCUT2D eigenvalue weighted by Crippen LogP contribution is 2.33. The molecule has 1 saturated heterocycles. The lowest BCUT2D eigenvalue weighted by Gasteiger charge is -2.45. The topological polar surface area (TPSA) is 40.5 Å². The summed E-state index contributed by atoms with van der Waals surface area (Å²) in [5.74, 6) is 0.928. The van der Waals surface area contributed by atoms with Gasteiger partial charge in [0.15, 0.2) is 0 Å². The van der Waals surface area contributed by atoms with Gasteiger partial charge in [-0.3, -0.25) is 4.79 Å². The van der Waals surface area contributed by atoms with Gasteiger partial charge in [0, 0.05) is 18.5 Å². The molecule has 0 radical (unpaired) electrons. The lowest BCUT2D eigenvalue weighted by molar-refractivity contribution is -0.142. The van der Waals surface area contributed by atoms with E-state index in [1.54, 1.807) is 0 Å². The highest BCUT2D eigenvalue weighted by molar-refractivity contribution is 5.77. The first-order chi connectivity index (χ1) is 7.49. The third kappa shape index (κ3) is 2.40. The van der Waals surface area contributed by atoms with Gasteiger partial charge in [-0.1, -0.05) is 6.42 Å². The number of amides is 1. The normalized spacial score (nSPS) is 29.9. The molecule has 1 heterocycles. The van der Waals surface area contributed by atoms with Gasteiger partial charge in [0.2, 0.25) is 5.91 Å². The van der Waals surface area contributed by atoms with Gasteiger partial charge < -0.3 is 10.0 Å². The van der Waals surface area contributed by atoms with E-state index in [0.717, 1.165) is 19.4 Å². The Morgan fingerprint density at radius 1 is 1.38 bits per heavy atom. The quantitative estimate of drug-likeness (QED) is 0.780. The van der Waals surface area contributed by atoms with Crippen molar-refractivity contribution in [2.45, 2.75) is 64.0 Å². The molecular formula is C13H23NO2. The van der Waals surface area contributed by atoms with Crippen LogP contribution in [0.1, 0.15) is 52.4 Å². The summed E-state index contributed by atoms with van der Waals surface area (Å²) in [6, 6.07) is 0. The van der Waals surface area contributed by atoms with Gasteiger partial charge in [-0.15, -0.1) is 0 Å². The minimum Gasteiger partial charge on any atom is -0.393 e. The second-order valence-electron chi connectivity index (χ2n) is 6.01. The smallest absolute Gasteiger partial charge is 0.223 e. The second kappa shape index (κ2) is 4.36. The van der Waals surface area contributed by atoms with Crippen molar-refractivity contribution in [1.29, 1.82) is 0 Å². The molecule has 3 nitrogen and oxygen atoms in total. The fraction of sp³-hybridized carbons (Fsp3) is 0.923. The summed E-state index contributed by atoms with van der Waals surface area (Å²) < 4.78 is 0. The van der Waals surface area contributed by atoms with Crippen LogP contribution >= 0.6 is 0 Å². The van der Waals surface area contributed by atoms with E-state index in [4.69, 9.17) is 0 Å². The van der Waals surface area contributed by atoms with E-state index in [0.29, 0.717) is 18.2 Å². The summed E-state index contributed by atoms with van der Waals surface area (Å²) in [5.41, 5.74) is -0.168. The monoisotopic (exact) mass is 225 g/mol. The Labute approximate surface area is 97.8 Å². The van der Waals surface area contributed by atoms with Crippen LogP contribution in [0.5, 0.6) is 0 Å². The summed E-state index contributed by atoms with van der Waals surface area (Å²) in [6.07, 6.45) is 5.68. The molecular weight excluding hydrogens is 202 g/mol. The Morgan fingerprint density at radius 2 is 2.06 bits per heavy atom. The Kier molecular flexibility index (Phi) is 3.24. The average Bonchev–Trinajstić information content (AvgIpc) is 2.09. The minimum absolute atomic E-state index is 0.168. The highest BCUT2D eigenvalue weighted by atomic mass is 16.3. The number of piperidine rings is 1. The largest absolute Gasteiger partial charge is 0.393 e. The summed E-state index contributed by atoms with van der Waals surface area (Å²) in [6.45, 7) is 4.85. The molecule has 0 spiro atoms. The van der Waals surface area contributed by atoms with Gasteiger partial charge in [-0.2, -0.15) is 0 Å².